The Labute approximate surface area is 149 Å². The molecule has 1 aromatic carbocycles. The molecule has 134 valence electrons. The van der Waals surface area contributed by atoms with E-state index in [9.17, 15) is 13.2 Å². The summed E-state index contributed by atoms with van der Waals surface area (Å²) < 4.78 is 27.1. The van der Waals surface area contributed by atoms with Crippen LogP contribution in [0.2, 0.25) is 5.02 Å². The van der Waals surface area contributed by atoms with Crippen molar-refractivity contribution in [2.75, 3.05) is 13.1 Å². The molecule has 0 spiro atoms. The van der Waals surface area contributed by atoms with Crippen LogP contribution in [-0.2, 0) is 10.0 Å². The molecule has 0 radical (unpaired) electrons. The molecule has 5 nitrogen and oxygen atoms in total. The van der Waals surface area contributed by atoms with Gasteiger partial charge >= 0.3 is 0 Å². The van der Waals surface area contributed by atoms with E-state index in [1.165, 1.54) is 16.4 Å². The van der Waals surface area contributed by atoms with Crippen LogP contribution in [0.3, 0.4) is 0 Å². The lowest BCUT2D eigenvalue weighted by Crippen LogP contribution is -2.36. The number of carbonyl (C=O) groups excluding carboxylic acids is 1. The molecular formula is C17H25ClN2O3S. The van der Waals surface area contributed by atoms with E-state index in [1.807, 2.05) is 13.8 Å². The summed E-state index contributed by atoms with van der Waals surface area (Å²) in [6, 6.07) is 4.48. The second-order valence-electron chi connectivity index (χ2n) is 6.27. The number of carbonyl (C=O) groups is 1. The fourth-order valence-electron chi connectivity index (χ4n) is 2.90. The van der Waals surface area contributed by atoms with Crippen LogP contribution in [-0.4, -0.2) is 37.8 Å². The predicted octanol–water partition coefficient (Wildman–Crippen LogP) is 3.43. The summed E-state index contributed by atoms with van der Waals surface area (Å²) in [6.45, 7) is 4.99. The Kier molecular flexibility index (Phi) is 6.66. The number of nitrogens with zero attached hydrogens (tertiary/aromatic N) is 1. The molecule has 1 amide bonds. The maximum absolute atomic E-state index is 12.8. The third-order valence-corrected chi connectivity index (χ3v) is 6.61. The number of halogens is 1. The molecule has 0 aliphatic carbocycles. The van der Waals surface area contributed by atoms with E-state index in [0.717, 1.165) is 32.1 Å². The SMILES string of the molecule is CCC[C@H](C)NC(=O)c1ccc(Cl)c(S(=O)(=O)N2CCCCC2)c1. The van der Waals surface area contributed by atoms with E-state index in [4.69, 9.17) is 11.6 Å². The van der Waals surface area contributed by atoms with Crippen molar-refractivity contribution in [3.05, 3.63) is 28.8 Å². The summed E-state index contributed by atoms with van der Waals surface area (Å²) in [5.41, 5.74) is 0.318. The minimum absolute atomic E-state index is 0.0156. The van der Waals surface area contributed by atoms with Crippen molar-refractivity contribution in [2.45, 2.75) is 56.9 Å². The Morgan fingerprint density at radius 2 is 1.96 bits per heavy atom. The molecule has 1 N–H and O–H groups in total. The van der Waals surface area contributed by atoms with Crippen molar-refractivity contribution in [3.8, 4) is 0 Å². The normalized spacial score (nSPS) is 17.5. The first-order chi connectivity index (χ1) is 11.4. The van der Waals surface area contributed by atoms with Crippen molar-refractivity contribution in [1.82, 2.24) is 9.62 Å². The number of piperidine rings is 1. The minimum atomic E-state index is -3.67. The van der Waals surface area contributed by atoms with Gasteiger partial charge in [-0.25, -0.2) is 8.42 Å². The first kappa shape index (κ1) is 19.2. The zero-order valence-electron chi connectivity index (χ0n) is 14.2. The number of hydrogen-bond donors (Lipinski definition) is 1. The average Bonchev–Trinajstić information content (AvgIpc) is 2.56. The van der Waals surface area contributed by atoms with Crippen LogP contribution in [0, 0.1) is 0 Å². The van der Waals surface area contributed by atoms with E-state index in [0.29, 0.717) is 18.7 Å². The van der Waals surface area contributed by atoms with Crippen LogP contribution in [0.1, 0.15) is 56.3 Å². The van der Waals surface area contributed by atoms with Crippen molar-refractivity contribution in [1.29, 1.82) is 0 Å². The Hall–Kier alpha value is -1.11. The minimum Gasteiger partial charge on any atom is -0.350 e. The van der Waals surface area contributed by atoms with Gasteiger partial charge in [-0.05, 0) is 44.4 Å². The molecule has 1 aliphatic rings. The number of benzene rings is 1. The van der Waals surface area contributed by atoms with E-state index >= 15 is 0 Å². The number of sulfonamides is 1. The van der Waals surface area contributed by atoms with Gasteiger partial charge in [0.25, 0.3) is 5.91 Å². The molecule has 0 saturated carbocycles. The van der Waals surface area contributed by atoms with Gasteiger partial charge in [0, 0.05) is 24.7 Å². The largest absolute Gasteiger partial charge is 0.350 e. The van der Waals surface area contributed by atoms with Crippen LogP contribution in [0.15, 0.2) is 23.1 Å². The van der Waals surface area contributed by atoms with Crippen LogP contribution >= 0.6 is 11.6 Å². The number of rotatable bonds is 6. The number of amides is 1. The standard InChI is InChI=1S/C17H25ClN2O3S/c1-3-7-13(2)19-17(21)14-8-9-15(18)16(12-14)24(22,23)20-10-5-4-6-11-20/h8-9,12-13H,3-7,10-11H2,1-2H3,(H,19,21)/t13-/m0/s1. The molecule has 2 rings (SSSR count). The monoisotopic (exact) mass is 372 g/mol. The summed E-state index contributed by atoms with van der Waals surface area (Å²) in [6.07, 6.45) is 4.59. The molecule has 7 heteroatoms. The number of hydrogen-bond acceptors (Lipinski definition) is 3. The smallest absolute Gasteiger partial charge is 0.251 e. The van der Waals surface area contributed by atoms with Gasteiger partial charge in [0.15, 0.2) is 0 Å². The summed E-state index contributed by atoms with van der Waals surface area (Å²) in [4.78, 5) is 12.3. The number of nitrogens with one attached hydrogen (secondary N) is 1. The van der Waals surface area contributed by atoms with Gasteiger partial charge in [0.05, 0.1) is 5.02 Å². The van der Waals surface area contributed by atoms with Crippen molar-refractivity contribution in [2.24, 2.45) is 0 Å². The van der Waals surface area contributed by atoms with Crippen LogP contribution in [0.4, 0.5) is 0 Å². The second kappa shape index (κ2) is 8.32. The fourth-order valence-corrected chi connectivity index (χ4v) is 4.92. The van der Waals surface area contributed by atoms with Gasteiger partial charge in [0.2, 0.25) is 10.0 Å². The van der Waals surface area contributed by atoms with Gasteiger partial charge in [-0.15, -0.1) is 0 Å². The molecule has 1 aromatic rings. The fraction of sp³-hybridized carbons (Fsp3) is 0.588. The molecule has 0 unspecified atom stereocenters. The lowest BCUT2D eigenvalue weighted by molar-refractivity contribution is 0.0938. The highest BCUT2D eigenvalue weighted by molar-refractivity contribution is 7.89. The highest BCUT2D eigenvalue weighted by atomic mass is 35.5. The van der Waals surface area contributed by atoms with Gasteiger partial charge < -0.3 is 5.32 Å². The van der Waals surface area contributed by atoms with Gasteiger partial charge in [-0.2, -0.15) is 4.31 Å². The molecule has 1 saturated heterocycles. The molecule has 0 bridgehead atoms. The van der Waals surface area contributed by atoms with E-state index in [-0.39, 0.29) is 21.9 Å². The molecule has 0 aromatic heterocycles. The summed E-state index contributed by atoms with van der Waals surface area (Å²) in [7, 11) is -3.67. The quantitative estimate of drug-likeness (QED) is 0.831. The highest BCUT2D eigenvalue weighted by Gasteiger charge is 2.28. The van der Waals surface area contributed by atoms with Gasteiger partial charge in [-0.3, -0.25) is 4.79 Å². The summed E-state index contributed by atoms with van der Waals surface area (Å²) in [5.74, 6) is -0.275. The van der Waals surface area contributed by atoms with E-state index in [1.54, 1.807) is 6.07 Å². The Morgan fingerprint density at radius 3 is 2.58 bits per heavy atom. The summed E-state index contributed by atoms with van der Waals surface area (Å²) in [5, 5.41) is 3.04. The van der Waals surface area contributed by atoms with E-state index in [2.05, 4.69) is 5.32 Å². The predicted molar refractivity (Wildman–Crippen MR) is 95.9 cm³/mol. The van der Waals surface area contributed by atoms with Crippen molar-refractivity contribution >= 4 is 27.5 Å². The van der Waals surface area contributed by atoms with Crippen LogP contribution in [0.5, 0.6) is 0 Å². The Bertz CT molecular complexity index is 685. The van der Waals surface area contributed by atoms with Gasteiger partial charge in [-0.1, -0.05) is 31.4 Å². The second-order valence-corrected chi connectivity index (χ2v) is 8.59. The Morgan fingerprint density at radius 1 is 1.29 bits per heavy atom. The maximum Gasteiger partial charge on any atom is 0.251 e. The molecule has 24 heavy (non-hydrogen) atoms. The van der Waals surface area contributed by atoms with Crippen molar-refractivity contribution in [3.63, 3.8) is 0 Å². The first-order valence-electron chi connectivity index (χ1n) is 8.47. The Balaban J connectivity index is 2.26. The highest BCUT2D eigenvalue weighted by Crippen LogP contribution is 2.27. The van der Waals surface area contributed by atoms with Gasteiger partial charge in [0.1, 0.15) is 4.90 Å². The summed E-state index contributed by atoms with van der Waals surface area (Å²) >= 11 is 6.12. The zero-order chi connectivity index (χ0) is 17.7. The molecule has 1 heterocycles. The third-order valence-electron chi connectivity index (χ3n) is 4.23. The average molecular weight is 373 g/mol. The molecule has 1 fully saturated rings. The van der Waals surface area contributed by atoms with Crippen LogP contribution < -0.4 is 5.32 Å². The molecule has 1 atom stereocenters. The molecule has 1 aliphatic heterocycles. The first-order valence-corrected chi connectivity index (χ1v) is 10.3. The molecular weight excluding hydrogens is 348 g/mol. The maximum atomic E-state index is 12.8. The third kappa shape index (κ3) is 4.49. The van der Waals surface area contributed by atoms with Crippen LogP contribution in [0.25, 0.3) is 0 Å². The lowest BCUT2D eigenvalue weighted by Gasteiger charge is -2.26. The topological polar surface area (TPSA) is 66.5 Å². The zero-order valence-corrected chi connectivity index (χ0v) is 15.8. The lowest BCUT2D eigenvalue weighted by atomic mass is 10.1. The van der Waals surface area contributed by atoms with Crippen molar-refractivity contribution < 1.29 is 13.2 Å². The van der Waals surface area contributed by atoms with E-state index < -0.39 is 10.0 Å².